The third kappa shape index (κ3) is 4.70. The zero-order chi connectivity index (χ0) is 14.6. The van der Waals surface area contributed by atoms with Crippen molar-refractivity contribution in [1.82, 2.24) is 9.80 Å². The van der Waals surface area contributed by atoms with Crippen molar-refractivity contribution in [1.29, 1.82) is 0 Å². The summed E-state index contributed by atoms with van der Waals surface area (Å²) in [6.07, 6.45) is -0.115. The molecule has 1 N–H and O–H groups in total. The second-order valence-electron chi connectivity index (χ2n) is 4.85. The van der Waals surface area contributed by atoms with E-state index in [9.17, 15) is 18.0 Å². The van der Waals surface area contributed by atoms with E-state index in [0.717, 1.165) is 0 Å². The van der Waals surface area contributed by atoms with Crippen molar-refractivity contribution in [2.24, 2.45) is 0 Å². The Kier molecular flexibility index (Phi) is 5.16. The largest absolute Gasteiger partial charge is 0.481 e. The van der Waals surface area contributed by atoms with Crippen LogP contribution in [0.25, 0.3) is 0 Å². The van der Waals surface area contributed by atoms with Gasteiger partial charge in [-0.25, -0.2) is 13.2 Å². The summed E-state index contributed by atoms with van der Waals surface area (Å²) in [5.74, 6) is -1.01. The molecule has 0 spiro atoms. The van der Waals surface area contributed by atoms with E-state index in [2.05, 4.69) is 0 Å². The Morgan fingerprint density at radius 3 is 2.21 bits per heavy atom. The number of aliphatic carboxylic acids is 1. The first-order valence-electron chi connectivity index (χ1n) is 6.20. The summed E-state index contributed by atoms with van der Waals surface area (Å²) in [6, 6.07) is -0.406. The van der Waals surface area contributed by atoms with Gasteiger partial charge in [-0.1, -0.05) is 0 Å². The fourth-order valence-electron chi connectivity index (χ4n) is 1.88. The van der Waals surface area contributed by atoms with Gasteiger partial charge >= 0.3 is 12.0 Å². The molecule has 2 amide bonds. The molecule has 7 nitrogen and oxygen atoms in total. The Balaban J connectivity index is 2.64. The summed E-state index contributed by atoms with van der Waals surface area (Å²) >= 11 is 0. The highest BCUT2D eigenvalue weighted by atomic mass is 32.2. The van der Waals surface area contributed by atoms with E-state index in [4.69, 9.17) is 5.11 Å². The molecule has 0 saturated carbocycles. The monoisotopic (exact) mass is 292 g/mol. The van der Waals surface area contributed by atoms with Crippen molar-refractivity contribution in [2.75, 3.05) is 31.1 Å². The SMILES string of the molecule is CC(C)N(CCC(=O)O)C(=O)N1CCS(=O)(=O)CC1. The van der Waals surface area contributed by atoms with Crippen LogP contribution in [0.5, 0.6) is 0 Å². The fourth-order valence-corrected chi connectivity index (χ4v) is 3.08. The molecule has 1 aliphatic heterocycles. The lowest BCUT2D eigenvalue weighted by Crippen LogP contribution is -2.52. The lowest BCUT2D eigenvalue weighted by Gasteiger charge is -2.34. The molecule has 0 unspecified atom stereocenters. The lowest BCUT2D eigenvalue weighted by atomic mass is 10.3. The van der Waals surface area contributed by atoms with Crippen LogP contribution in [0.2, 0.25) is 0 Å². The number of urea groups is 1. The van der Waals surface area contributed by atoms with Gasteiger partial charge < -0.3 is 14.9 Å². The van der Waals surface area contributed by atoms with Crippen molar-refractivity contribution in [3.05, 3.63) is 0 Å². The van der Waals surface area contributed by atoms with Gasteiger partial charge in [-0.2, -0.15) is 0 Å². The van der Waals surface area contributed by atoms with Gasteiger partial charge in [0, 0.05) is 25.7 Å². The van der Waals surface area contributed by atoms with E-state index in [1.807, 2.05) is 0 Å². The fraction of sp³-hybridized carbons (Fsp3) is 0.818. The van der Waals surface area contributed by atoms with Crippen LogP contribution in [-0.2, 0) is 14.6 Å². The topological polar surface area (TPSA) is 95.0 Å². The third-order valence-corrected chi connectivity index (χ3v) is 4.66. The minimum Gasteiger partial charge on any atom is -0.481 e. The Labute approximate surface area is 113 Å². The summed E-state index contributed by atoms with van der Waals surface area (Å²) in [6.45, 7) is 4.10. The van der Waals surface area contributed by atoms with Crippen molar-refractivity contribution >= 4 is 21.8 Å². The van der Waals surface area contributed by atoms with Crippen molar-refractivity contribution in [3.63, 3.8) is 0 Å². The Bertz CT molecular complexity index is 432. The number of amides is 2. The highest BCUT2D eigenvalue weighted by molar-refractivity contribution is 7.91. The maximum atomic E-state index is 12.2. The molecule has 0 radical (unpaired) electrons. The molecule has 1 aliphatic rings. The van der Waals surface area contributed by atoms with Crippen molar-refractivity contribution in [3.8, 4) is 0 Å². The van der Waals surface area contributed by atoms with Gasteiger partial charge in [0.1, 0.15) is 0 Å². The number of nitrogens with zero attached hydrogens (tertiary/aromatic N) is 2. The molecular formula is C11H20N2O5S. The number of carbonyl (C=O) groups excluding carboxylic acids is 1. The van der Waals surface area contributed by atoms with E-state index in [0.29, 0.717) is 0 Å². The zero-order valence-corrected chi connectivity index (χ0v) is 12.0. The summed E-state index contributed by atoms with van der Waals surface area (Å²) in [5.41, 5.74) is 0. The molecule has 1 heterocycles. The molecule has 0 aromatic heterocycles. The molecule has 0 aromatic rings. The Morgan fingerprint density at radius 2 is 1.79 bits per heavy atom. The first kappa shape index (κ1) is 15.7. The number of carbonyl (C=O) groups is 2. The normalized spacial score (nSPS) is 18.4. The van der Waals surface area contributed by atoms with Crippen LogP contribution in [-0.4, -0.2) is 72.5 Å². The molecule has 0 atom stereocenters. The highest BCUT2D eigenvalue weighted by Gasteiger charge is 2.29. The molecule has 1 rings (SSSR count). The smallest absolute Gasteiger partial charge is 0.320 e. The van der Waals surface area contributed by atoms with E-state index >= 15 is 0 Å². The van der Waals surface area contributed by atoms with Crippen LogP contribution in [0.4, 0.5) is 4.79 Å². The van der Waals surface area contributed by atoms with Gasteiger partial charge in [0.05, 0.1) is 17.9 Å². The number of carboxylic acid groups (broad SMARTS) is 1. The summed E-state index contributed by atoms with van der Waals surface area (Å²) < 4.78 is 22.6. The number of sulfone groups is 1. The van der Waals surface area contributed by atoms with Crippen LogP contribution in [0.3, 0.4) is 0 Å². The Hall–Kier alpha value is -1.31. The summed E-state index contributed by atoms with van der Waals surface area (Å²) in [5, 5.41) is 8.67. The number of rotatable bonds is 4. The maximum absolute atomic E-state index is 12.2. The van der Waals surface area contributed by atoms with Crippen molar-refractivity contribution < 1.29 is 23.1 Å². The predicted octanol–water partition coefficient (Wildman–Crippen LogP) is 0.0219. The van der Waals surface area contributed by atoms with Gasteiger partial charge in [-0.15, -0.1) is 0 Å². The van der Waals surface area contributed by atoms with E-state index in [1.165, 1.54) is 9.80 Å². The zero-order valence-electron chi connectivity index (χ0n) is 11.2. The quantitative estimate of drug-likeness (QED) is 0.788. The van der Waals surface area contributed by atoms with Crippen LogP contribution >= 0.6 is 0 Å². The van der Waals surface area contributed by atoms with E-state index < -0.39 is 15.8 Å². The number of hydrogen-bond acceptors (Lipinski definition) is 4. The standard InChI is InChI=1S/C11H20N2O5S/c1-9(2)13(4-3-10(14)15)11(16)12-5-7-19(17,18)8-6-12/h9H,3-8H2,1-2H3,(H,14,15). The number of carboxylic acids is 1. The highest BCUT2D eigenvalue weighted by Crippen LogP contribution is 2.10. The van der Waals surface area contributed by atoms with E-state index in [1.54, 1.807) is 13.8 Å². The molecule has 0 bridgehead atoms. The van der Waals surface area contributed by atoms with Crippen molar-refractivity contribution in [2.45, 2.75) is 26.3 Å². The molecule has 0 aromatic carbocycles. The van der Waals surface area contributed by atoms with Gasteiger partial charge in [0.25, 0.3) is 0 Å². The molecule has 1 saturated heterocycles. The first-order valence-corrected chi connectivity index (χ1v) is 8.03. The summed E-state index contributed by atoms with van der Waals surface area (Å²) in [7, 11) is -3.03. The molecular weight excluding hydrogens is 272 g/mol. The molecule has 110 valence electrons. The maximum Gasteiger partial charge on any atom is 0.320 e. The average molecular weight is 292 g/mol. The van der Waals surface area contributed by atoms with Gasteiger partial charge in [0.2, 0.25) is 0 Å². The number of hydrogen-bond donors (Lipinski definition) is 1. The average Bonchev–Trinajstić information content (AvgIpc) is 2.27. The van der Waals surface area contributed by atoms with E-state index in [-0.39, 0.29) is 49.6 Å². The third-order valence-electron chi connectivity index (χ3n) is 3.05. The molecule has 0 aliphatic carbocycles. The Morgan fingerprint density at radius 1 is 1.26 bits per heavy atom. The second-order valence-corrected chi connectivity index (χ2v) is 7.16. The molecule has 8 heteroatoms. The molecule has 19 heavy (non-hydrogen) atoms. The van der Waals surface area contributed by atoms with Gasteiger partial charge in [-0.05, 0) is 13.8 Å². The van der Waals surface area contributed by atoms with Crippen LogP contribution < -0.4 is 0 Å². The van der Waals surface area contributed by atoms with Crippen LogP contribution in [0, 0.1) is 0 Å². The summed E-state index contributed by atoms with van der Waals surface area (Å²) in [4.78, 5) is 25.7. The minimum absolute atomic E-state index is 0.0242. The van der Waals surface area contributed by atoms with Gasteiger partial charge in [0.15, 0.2) is 9.84 Å². The van der Waals surface area contributed by atoms with Crippen LogP contribution in [0.15, 0.2) is 0 Å². The van der Waals surface area contributed by atoms with Crippen LogP contribution in [0.1, 0.15) is 20.3 Å². The lowest BCUT2D eigenvalue weighted by molar-refractivity contribution is -0.137. The van der Waals surface area contributed by atoms with Gasteiger partial charge in [-0.3, -0.25) is 4.79 Å². The first-order chi connectivity index (χ1) is 8.73. The second kappa shape index (κ2) is 6.23. The molecule has 1 fully saturated rings. The minimum atomic E-state index is -3.03. The predicted molar refractivity (Wildman–Crippen MR) is 69.7 cm³/mol.